The molecule has 1 fully saturated rings. The van der Waals surface area contributed by atoms with Crippen LogP contribution in [-0.4, -0.2) is 54.2 Å². The Hall–Kier alpha value is -2.34. The summed E-state index contributed by atoms with van der Waals surface area (Å²) in [5, 5.41) is 0.983. The SMILES string of the molecule is CC(C)OC(=O)Cc1[nH]c2ccccc2c1CC(=O)N1CCOCC1. The molecule has 0 saturated carbocycles. The van der Waals surface area contributed by atoms with Gasteiger partial charge in [-0.1, -0.05) is 18.2 Å². The van der Waals surface area contributed by atoms with Crippen molar-refractivity contribution < 1.29 is 19.1 Å². The lowest BCUT2D eigenvalue weighted by molar-refractivity contribution is -0.146. The number of morpholine rings is 1. The van der Waals surface area contributed by atoms with Gasteiger partial charge in [0, 0.05) is 29.7 Å². The van der Waals surface area contributed by atoms with Crippen molar-refractivity contribution in [3.8, 4) is 0 Å². The molecule has 2 aromatic rings. The summed E-state index contributed by atoms with van der Waals surface area (Å²) in [6, 6.07) is 7.80. The number of carbonyl (C=O) groups is 2. The Morgan fingerprint density at radius 2 is 1.92 bits per heavy atom. The fourth-order valence-electron chi connectivity index (χ4n) is 3.13. The molecule has 0 unspecified atom stereocenters. The summed E-state index contributed by atoms with van der Waals surface area (Å²) in [6.45, 7) is 6.04. The molecule has 134 valence electrons. The fourth-order valence-corrected chi connectivity index (χ4v) is 3.13. The number of benzene rings is 1. The first-order valence-electron chi connectivity index (χ1n) is 8.68. The number of ether oxygens (including phenoxy) is 2. The lowest BCUT2D eigenvalue weighted by Crippen LogP contribution is -2.41. The number of hydrogen-bond acceptors (Lipinski definition) is 4. The van der Waals surface area contributed by atoms with Gasteiger partial charge in [0.05, 0.1) is 32.2 Å². The van der Waals surface area contributed by atoms with E-state index >= 15 is 0 Å². The number of aromatic amines is 1. The molecule has 1 amide bonds. The minimum Gasteiger partial charge on any atom is -0.463 e. The molecule has 0 spiro atoms. The van der Waals surface area contributed by atoms with E-state index in [0.29, 0.717) is 26.3 Å². The topological polar surface area (TPSA) is 71.6 Å². The van der Waals surface area contributed by atoms with Crippen molar-refractivity contribution in [1.82, 2.24) is 9.88 Å². The number of esters is 1. The van der Waals surface area contributed by atoms with E-state index in [1.165, 1.54) is 0 Å². The van der Waals surface area contributed by atoms with E-state index < -0.39 is 0 Å². The average molecular weight is 344 g/mol. The maximum atomic E-state index is 12.7. The van der Waals surface area contributed by atoms with Gasteiger partial charge < -0.3 is 19.4 Å². The van der Waals surface area contributed by atoms with Crippen LogP contribution in [0.3, 0.4) is 0 Å². The van der Waals surface area contributed by atoms with E-state index in [9.17, 15) is 9.59 Å². The number of nitrogens with one attached hydrogen (secondary N) is 1. The van der Waals surface area contributed by atoms with E-state index in [2.05, 4.69) is 4.98 Å². The Bertz CT molecular complexity index is 760. The van der Waals surface area contributed by atoms with Gasteiger partial charge in [-0.15, -0.1) is 0 Å². The highest BCUT2D eigenvalue weighted by molar-refractivity contribution is 5.91. The van der Waals surface area contributed by atoms with Gasteiger partial charge in [0.1, 0.15) is 0 Å². The number of nitrogens with zero attached hydrogens (tertiary/aromatic N) is 1. The van der Waals surface area contributed by atoms with Gasteiger partial charge in [0.2, 0.25) is 5.91 Å². The summed E-state index contributed by atoms with van der Waals surface area (Å²) < 4.78 is 10.6. The van der Waals surface area contributed by atoms with Gasteiger partial charge in [-0.25, -0.2) is 0 Å². The van der Waals surface area contributed by atoms with Crippen molar-refractivity contribution in [1.29, 1.82) is 0 Å². The fraction of sp³-hybridized carbons (Fsp3) is 0.474. The molecular formula is C19H24N2O4. The average Bonchev–Trinajstić information content (AvgIpc) is 2.92. The molecule has 1 aromatic carbocycles. The van der Waals surface area contributed by atoms with Gasteiger partial charge in [0.25, 0.3) is 0 Å². The molecular weight excluding hydrogens is 320 g/mol. The van der Waals surface area contributed by atoms with E-state index in [1.807, 2.05) is 43.0 Å². The lowest BCUT2D eigenvalue weighted by atomic mass is 10.0. The van der Waals surface area contributed by atoms with Gasteiger partial charge in [-0.05, 0) is 25.5 Å². The first-order valence-corrected chi connectivity index (χ1v) is 8.68. The summed E-state index contributed by atoms with van der Waals surface area (Å²) in [5.41, 5.74) is 2.57. The van der Waals surface area contributed by atoms with Crippen LogP contribution in [0.15, 0.2) is 24.3 Å². The highest BCUT2D eigenvalue weighted by atomic mass is 16.5. The Balaban J connectivity index is 1.85. The molecule has 1 aliphatic rings. The molecule has 0 aliphatic carbocycles. The van der Waals surface area contributed by atoms with Crippen LogP contribution in [0.25, 0.3) is 10.9 Å². The molecule has 2 heterocycles. The maximum absolute atomic E-state index is 12.7. The quantitative estimate of drug-likeness (QED) is 0.843. The molecule has 0 atom stereocenters. The third-order valence-electron chi connectivity index (χ3n) is 4.28. The number of aromatic nitrogens is 1. The number of rotatable bonds is 5. The summed E-state index contributed by atoms with van der Waals surface area (Å²) in [4.78, 5) is 29.9. The van der Waals surface area contributed by atoms with E-state index in [0.717, 1.165) is 22.2 Å². The number of carbonyl (C=O) groups excluding carboxylic acids is 2. The second kappa shape index (κ2) is 7.70. The molecule has 6 nitrogen and oxygen atoms in total. The largest absolute Gasteiger partial charge is 0.463 e. The van der Waals surface area contributed by atoms with Crippen LogP contribution in [0.1, 0.15) is 25.1 Å². The summed E-state index contributed by atoms with van der Waals surface area (Å²) in [7, 11) is 0. The zero-order valence-electron chi connectivity index (χ0n) is 14.7. The Kier molecular flexibility index (Phi) is 5.38. The monoisotopic (exact) mass is 344 g/mol. The van der Waals surface area contributed by atoms with Gasteiger partial charge in [-0.3, -0.25) is 9.59 Å². The molecule has 1 aromatic heterocycles. The van der Waals surface area contributed by atoms with Crippen LogP contribution < -0.4 is 0 Å². The molecule has 6 heteroatoms. The van der Waals surface area contributed by atoms with Gasteiger partial charge in [-0.2, -0.15) is 0 Å². The smallest absolute Gasteiger partial charge is 0.312 e. The zero-order valence-corrected chi connectivity index (χ0v) is 14.7. The van der Waals surface area contributed by atoms with E-state index in [-0.39, 0.29) is 30.8 Å². The van der Waals surface area contributed by atoms with Crippen LogP contribution in [0.2, 0.25) is 0 Å². The minimum atomic E-state index is -0.290. The van der Waals surface area contributed by atoms with E-state index in [4.69, 9.17) is 9.47 Å². The Labute approximate surface area is 147 Å². The van der Waals surface area contributed by atoms with Crippen LogP contribution in [0.4, 0.5) is 0 Å². The number of H-pyrrole nitrogens is 1. The Morgan fingerprint density at radius 1 is 1.20 bits per heavy atom. The highest BCUT2D eigenvalue weighted by Crippen LogP contribution is 2.24. The molecule has 3 rings (SSSR count). The summed E-state index contributed by atoms with van der Waals surface area (Å²) in [6.07, 6.45) is 0.252. The number of para-hydroxylation sites is 1. The number of hydrogen-bond donors (Lipinski definition) is 1. The van der Waals surface area contributed by atoms with Crippen molar-refractivity contribution in [2.24, 2.45) is 0 Å². The van der Waals surface area contributed by atoms with Gasteiger partial charge >= 0.3 is 5.97 Å². The van der Waals surface area contributed by atoms with Crippen molar-refractivity contribution in [3.63, 3.8) is 0 Å². The third kappa shape index (κ3) is 4.20. The maximum Gasteiger partial charge on any atom is 0.312 e. The number of fused-ring (bicyclic) bond motifs is 1. The molecule has 0 bridgehead atoms. The lowest BCUT2D eigenvalue weighted by Gasteiger charge is -2.27. The van der Waals surface area contributed by atoms with Crippen molar-refractivity contribution >= 4 is 22.8 Å². The van der Waals surface area contributed by atoms with E-state index in [1.54, 1.807) is 0 Å². The van der Waals surface area contributed by atoms with Crippen LogP contribution >= 0.6 is 0 Å². The standard InChI is InChI=1S/C19H24N2O4/c1-13(2)25-19(23)12-17-15(14-5-3-4-6-16(14)20-17)11-18(22)21-7-9-24-10-8-21/h3-6,13,20H,7-12H2,1-2H3. The number of amides is 1. The Morgan fingerprint density at radius 3 is 2.64 bits per heavy atom. The second-order valence-corrected chi connectivity index (χ2v) is 6.51. The molecule has 1 saturated heterocycles. The minimum absolute atomic E-state index is 0.0616. The second-order valence-electron chi connectivity index (χ2n) is 6.51. The highest BCUT2D eigenvalue weighted by Gasteiger charge is 2.22. The van der Waals surface area contributed by atoms with Crippen LogP contribution in [-0.2, 0) is 31.9 Å². The molecule has 1 aliphatic heterocycles. The van der Waals surface area contributed by atoms with Crippen molar-refractivity contribution in [3.05, 3.63) is 35.5 Å². The third-order valence-corrected chi connectivity index (χ3v) is 4.28. The summed E-state index contributed by atoms with van der Waals surface area (Å²) in [5.74, 6) is -0.229. The molecule has 25 heavy (non-hydrogen) atoms. The van der Waals surface area contributed by atoms with Crippen LogP contribution in [0, 0.1) is 0 Å². The van der Waals surface area contributed by atoms with Crippen molar-refractivity contribution in [2.45, 2.75) is 32.8 Å². The van der Waals surface area contributed by atoms with Gasteiger partial charge in [0.15, 0.2) is 0 Å². The molecule has 1 N–H and O–H groups in total. The summed E-state index contributed by atoms with van der Waals surface area (Å²) >= 11 is 0. The predicted octanol–water partition coefficient (Wildman–Crippen LogP) is 2.06. The molecule has 0 radical (unpaired) electrons. The van der Waals surface area contributed by atoms with Crippen molar-refractivity contribution in [2.75, 3.05) is 26.3 Å². The predicted molar refractivity (Wildman–Crippen MR) is 94.3 cm³/mol. The van der Waals surface area contributed by atoms with Crippen LogP contribution in [0.5, 0.6) is 0 Å². The zero-order chi connectivity index (χ0) is 17.8. The normalized spacial score (nSPS) is 14.9. The first kappa shape index (κ1) is 17.5. The first-order chi connectivity index (χ1) is 12.0.